The Labute approximate surface area is 216 Å². The minimum atomic E-state index is -2.62. The quantitative estimate of drug-likeness (QED) is 0.544. The van der Waals surface area contributed by atoms with Crippen molar-refractivity contribution in [2.75, 3.05) is 68.5 Å². The lowest BCUT2D eigenvalue weighted by molar-refractivity contribution is 0.0194. The molecular weight excluding hydrogens is 457 g/mol. The van der Waals surface area contributed by atoms with Crippen LogP contribution in [0.2, 0.25) is 0 Å². The first-order valence-electron chi connectivity index (χ1n) is 14.1. The number of hydrogen-bond donors (Lipinski definition) is 1. The van der Waals surface area contributed by atoms with Crippen LogP contribution >= 0.6 is 0 Å². The van der Waals surface area contributed by atoms with Crippen LogP contribution in [0.1, 0.15) is 35.9 Å². The summed E-state index contributed by atoms with van der Waals surface area (Å²) in [7, 11) is -0.458. The molecule has 0 amide bonds. The van der Waals surface area contributed by atoms with Crippen LogP contribution in [-0.4, -0.2) is 85.5 Å². The van der Waals surface area contributed by atoms with E-state index in [1.54, 1.807) is 17.2 Å². The molecule has 0 unspecified atom stereocenters. The Morgan fingerprint density at radius 1 is 1.08 bits per heavy atom. The first-order valence-corrected chi connectivity index (χ1v) is 12.6. The molecule has 0 bridgehead atoms. The van der Waals surface area contributed by atoms with Crippen molar-refractivity contribution >= 4 is 34.0 Å². The number of pyridine rings is 1. The number of fused-ring (bicyclic) bond motifs is 1. The van der Waals surface area contributed by atoms with Crippen molar-refractivity contribution in [2.45, 2.75) is 38.5 Å². The molecule has 4 heterocycles. The lowest BCUT2D eigenvalue weighted by atomic mass is 9.95. The van der Waals surface area contributed by atoms with E-state index in [1.165, 1.54) is 11.3 Å². The summed E-state index contributed by atoms with van der Waals surface area (Å²) in [6.45, 7) is 8.90. The lowest BCUT2D eigenvalue weighted by Gasteiger charge is -2.34. The molecule has 2 atom stereocenters. The summed E-state index contributed by atoms with van der Waals surface area (Å²) < 4.78 is 41.3. The van der Waals surface area contributed by atoms with E-state index in [2.05, 4.69) is 69.2 Å². The van der Waals surface area contributed by atoms with Crippen molar-refractivity contribution in [3.8, 4) is 0 Å². The van der Waals surface area contributed by atoms with Crippen molar-refractivity contribution in [3.63, 3.8) is 0 Å². The van der Waals surface area contributed by atoms with Gasteiger partial charge in [0.05, 0.1) is 16.8 Å². The molecule has 1 aromatic carbocycles. The largest absolute Gasteiger partial charge is 0.378 e. The van der Waals surface area contributed by atoms with Gasteiger partial charge in [-0.05, 0) is 54.6 Å². The Hall–Kier alpha value is -3.04. The van der Waals surface area contributed by atoms with E-state index in [1.807, 2.05) is 6.20 Å². The first-order chi connectivity index (χ1) is 18.6. The predicted molar refractivity (Wildman–Crippen MR) is 143 cm³/mol. The number of rotatable bonds is 6. The number of likely N-dealkylation sites (N-methyl/N-ethyl adjacent to an activating group) is 1. The van der Waals surface area contributed by atoms with Crippen LogP contribution in [0, 0.1) is 0 Å². The molecule has 9 heteroatoms. The molecule has 0 aliphatic carbocycles. The third-order valence-electron chi connectivity index (χ3n) is 7.16. The Morgan fingerprint density at radius 2 is 1.92 bits per heavy atom. The van der Waals surface area contributed by atoms with E-state index < -0.39 is 19.3 Å². The molecule has 8 nitrogen and oxygen atoms in total. The Balaban J connectivity index is 1.33. The van der Waals surface area contributed by atoms with Crippen molar-refractivity contribution in [2.24, 2.45) is 0 Å². The monoisotopic (exact) mass is 496 g/mol. The van der Waals surface area contributed by atoms with E-state index in [0.29, 0.717) is 30.0 Å². The van der Waals surface area contributed by atoms with Crippen molar-refractivity contribution in [1.29, 1.82) is 0 Å². The second kappa shape index (κ2) is 10.5. The van der Waals surface area contributed by atoms with Crippen LogP contribution in [0.5, 0.6) is 0 Å². The molecule has 3 aromatic rings. The zero-order valence-corrected chi connectivity index (χ0v) is 21.1. The highest BCUT2D eigenvalue weighted by atomic mass is 19.1. The summed E-state index contributed by atoms with van der Waals surface area (Å²) in [5.41, 5.74) is 2.51. The van der Waals surface area contributed by atoms with Crippen molar-refractivity contribution in [1.82, 2.24) is 19.9 Å². The molecule has 0 saturated carbocycles. The van der Waals surface area contributed by atoms with Gasteiger partial charge in [-0.2, -0.15) is 4.98 Å². The normalized spacial score (nSPS) is 23.0. The Morgan fingerprint density at radius 3 is 2.67 bits per heavy atom. The molecule has 1 N–H and O–H groups in total. The second-order valence-corrected chi connectivity index (χ2v) is 10.0. The summed E-state index contributed by atoms with van der Waals surface area (Å²) >= 11 is 0. The van der Waals surface area contributed by atoms with E-state index in [9.17, 15) is 4.39 Å². The fourth-order valence-electron chi connectivity index (χ4n) is 4.96. The van der Waals surface area contributed by atoms with Gasteiger partial charge in [0.2, 0.25) is 5.95 Å². The van der Waals surface area contributed by atoms with Gasteiger partial charge in [-0.15, -0.1) is 0 Å². The number of anilines is 4. The number of nitrogens with zero attached hydrogens (tertiary/aromatic N) is 6. The summed E-state index contributed by atoms with van der Waals surface area (Å²) in [6.07, 6.45) is 1.33. The van der Waals surface area contributed by atoms with Gasteiger partial charge in [0.25, 0.3) is 0 Å². The average Bonchev–Trinajstić information content (AvgIpc) is 2.89. The van der Waals surface area contributed by atoms with Crippen LogP contribution < -0.4 is 15.1 Å². The minimum absolute atomic E-state index is 0.0359. The highest BCUT2D eigenvalue weighted by Crippen LogP contribution is 2.33. The number of hydrogen-bond acceptors (Lipinski definition) is 8. The molecule has 2 saturated heterocycles. The predicted octanol–water partition coefficient (Wildman–Crippen LogP) is 4.21. The first kappa shape index (κ1) is 21.1. The summed E-state index contributed by atoms with van der Waals surface area (Å²) in [5.74, 6) is 1.92. The zero-order valence-electron chi connectivity index (χ0n) is 24.1. The molecule has 2 aliphatic heterocycles. The summed E-state index contributed by atoms with van der Waals surface area (Å²) in [5, 5.41) is 5.52. The van der Waals surface area contributed by atoms with Crippen LogP contribution in [0.25, 0.3) is 10.8 Å². The van der Waals surface area contributed by atoms with Crippen molar-refractivity contribution in [3.05, 3.63) is 42.2 Å². The van der Waals surface area contributed by atoms with Crippen LogP contribution in [0.15, 0.2) is 36.7 Å². The number of piperazine rings is 1. The van der Waals surface area contributed by atoms with Gasteiger partial charge in [0.15, 0.2) is 0 Å². The van der Waals surface area contributed by atoms with E-state index in [4.69, 9.17) is 8.85 Å². The number of aromatic nitrogens is 3. The molecule has 0 spiro atoms. The average molecular weight is 497 g/mol. The SMILES string of the molecule is [2H]C([2H])([2H])O[C@@H]1CCN(c2nccc(Nc3cc4c(C(C)C)cc(N5CCN(C)CC5)cc4cn3)n2)C[C@@H]1F. The maximum Gasteiger partial charge on any atom is 0.227 e. The maximum atomic E-state index is 14.7. The molecular formula is C27H36FN7O. The number of methoxy groups -OCH3 is 1. The zero-order chi connectivity index (χ0) is 27.7. The highest BCUT2D eigenvalue weighted by Gasteiger charge is 2.30. The molecule has 0 radical (unpaired) electrons. The van der Waals surface area contributed by atoms with Gasteiger partial charge in [-0.3, -0.25) is 0 Å². The lowest BCUT2D eigenvalue weighted by Crippen LogP contribution is -2.46. The maximum absolute atomic E-state index is 14.7. The van der Waals surface area contributed by atoms with Gasteiger partial charge in [0.1, 0.15) is 17.8 Å². The van der Waals surface area contributed by atoms with Crippen molar-refractivity contribution < 1.29 is 13.2 Å². The Bertz CT molecular complexity index is 1300. The number of nitrogens with one attached hydrogen (secondary N) is 1. The molecule has 2 aliphatic rings. The van der Waals surface area contributed by atoms with Gasteiger partial charge in [0, 0.05) is 63.2 Å². The second-order valence-electron chi connectivity index (χ2n) is 10.0. The highest BCUT2D eigenvalue weighted by molar-refractivity contribution is 5.91. The standard InChI is InChI=1S/C27H36FN7O/c1-18(2)21-14-20(34-11-9-33(3)10-12-34)13-19-16-30-26(15-22(19)21)31-25-5-7-29-27(32-25)35-8-6-24(36-4)23(28)17-35/h5,7,13-16,18,23-24H,6,8-12,17H2,1-4H3,(H,29,30,31,32)/t23-,24+/m0/s1/i4D3. The number of alkyl halides is 1. The van der Waals surface area contributed by atoms with E-state index in [-0.39, 0.29) is 13.0 Å². The van der Waals surface area contributed by atoms with Crippen LogP contribution in [0.4, 0.5) is 27.7 Å². The summed E-state index contributed by atoms with van der Waals surface area (Å²) in [4.78, 5) is 20.1. The minimum Gasteiger partial charge on any atom is -0.378 e. The number of halogens is 1. The molecule has 5 rings (SSSR count). The van der Waals surface area contributed by atoms with Gasteiger partial charge in [-0.25, -0.2) is 14.4 Å². The number of piperidine rings is 1. The third kappa shape index (κ3) is 5.22. The topological polar surface area (TPSA) is 69.7 Å². The number of ether oxygens (including phenoxy) is 1. The fraction of sp³-hybridized carbons (Fsp3) is 0.519. The molecule has 2 aromatic heterocycles. The third-order valence-corrected chi connectivity index (χ3v) is 7.16. The smallest absolute Gasteiger partial charge is 0.227 e. The molecule has 192 valence electrons. The molecule has 2 fully saturated rings. The van der Waals surface area contributed by atoms with E-state index >= 15 is 0 Å². The van der Waals surface area contributed by atoms with Gasteiger partial charge < -0.3 is 24.8 Å². The van der Waals surface area contributed by atoms with Gasteiger partial charge >= 0.3 is 0 Å². The number of benzene rings is 1. The van der Waals surface area contributed by atoms with Crippen LogP contribution in [0.3, 0.4) is 0 Å². The van der Waals surface area contributed by atoms with E-state index in [0.717, 1.165) is 37.0 Å². The fourth-order valence-corrected chi connectivity index (χ4v) is 4.96. The Kier molecular flexibility index (Phi) is 6.16. The van der Waals surface area contributed by atoms with Crippen LogP contribution in [-0.2, 0) is 4.74 Å². The summed E-state index contributed by atoms with van der Waals surface area (Å²) in [6, 6.07) is 8.32. The van der Waals surface area contributed by atoms with Gasteiger partial charge in [-0.1, -0.05) is 13.8 Å². The molecule has 36 heavy (non-hydrogen) atoms.